The maximum absolute atomic E-state index is 12.9. The molecular formula is C21H28N2O5S. The zero-order valence-corrected chi connectivity index (χ0v) is 18.2. The molecule has 0 aromatic heterocycles. The molecule has 1 N–H and O–H groups in total. The van der Waals surface area contributed by atoms with Gasteiger partial charge in [0.15, 0.2) is 0 Å². The van der Waals surface area contributed by atoms with Gasteiger partial charge in [-0.3, -0.25) is 4.79 Å². The van der Waals surface area contributed by atoms with E-state index >= 15 is 0 Å². The van der Waals surface area contributed by atoms with E-state index in [1.54, 1.807) is 27.0 Å². The van der Waals surface area contributed by atoms with Crippen molar-refractivity contribution in [2.75, 3.05) is 20.8 Å². The smallest absolute Gasteiger partial charge is 0.253 e. The summed E-state index contributed by atoms with van der Waals surface area (Å²) in [4.78, 5) is 14.3. The number of ether oxygens (including phenoxy) is 2. The normalized spacial score (nSPS) is 11.4. The van der Waals surface area contributed by atoms with Crippen molar-refractivity contribution >= 4 is 15.9 Å². The second kappa shape index (κ2) is 9.76. The van der Waals surface area contributed by atoms with Crippen LogP contribution in [0.4, 0.5) is 0 Å². The van der Waals surface area contributed by atoms with Crippen molar-refractivity contribution in [3.63, 3.8) is 0 Å². The molecule has 0 aliphatic heterocycles. The zero-order chi connectivity index (χ0) is 21.6. The van der Waals surface area contributed by atoms with E-state index in [1.807, 2.05) is 31.2 Å². The molecule has 0 bridgehead atoms. The summed E-state index contributed by atoms with van der Waals surface area (Å²) in [6, 6.07) is 11.6. The first kappa shape index (κ1) is 22.7. The number of hydrogen-bond donors (Lipinski definition) is 1. The monoisotopic (exact) mass is 420 g/mol. The Bertz CT molecular complexity index is 940. The lowest BCUT2D eigenvalue weighted by Crippen LogP contribution is -2.31. The fourth-order valence-corrected chi connectivity index (χ4v) is 4.26. The predicted molar refractivity (Wildman–Crippen MR) is 112 cm³/mol. The van der Waals surface area contributed by atoms with Crippen LogP contribution >= 0.6 is 0 Å². The van der Waals surface area contributed by atoms with Gasteiger partial charge in [-0.1, -0.05) is 12.1 Å². The Balaban J connectivity index is 2.24. The molecule has 7 nitrogen and oxygen atoms in total. The van der Waals surface area contributed by atoms with Gasteiger partial charge in [0.05, 0.1) is 13.7 Å². The van der Waals surface area contributed by atoms with Crippen LogP contribution < -0.4 is 14.2 Å². The maximum atomic E-state index is 12.9. The summed E-state index contributed by atoms with van der Waals surface area (Å²) in [6.07, 6.45) is 0. The van der Waals surface area contributed by atoms with Crippen molar-refractivity contribution in [1.82, 2.24) is 9.62 Å². The highest BCUT2D eigenvalue weighted by Crippen LogP contribution is 2.26. The SMILES string of the molecule is CCOc1ccc(CN(C)C(=O)c2ccc(OC)c(S(=O)(=O)NC(C)C)c2)cc1. The highest BCUT2D eigenvalue weighted by Gasteiger charge is 2.23. The first-order chi connectivity index (χ1) is 13.7. The van der Waals surface area contributed by atoms with Crippen LogP contribution in [-0.4, -0.2) is 46.0 Å². The van der Waals surface area contributed by atoms with Gasteiger partial charge < -0.3 is 14.4 Å². The van der Waals surface area contributed by atoms with E-state index in [4.69, 9.17) is 9.47 Å². The van der Waals surface area contributed by atoms with E-state index in [0.29, 0.717) is 13.2 Å². The minimum Gasteiger partial charge on any atom is -0.495 e. The van der Waals surface area contributed by atoms with Gasteiger partial charge >= 0.3 is 0 Å². The third-order valence-electron chi connectivity index (χ3n) is 4.09. The van der Waals surface area contributed by atoms with E-state index in [1.165, 1.54) is 24.1 Å². The van der Waals surface area contributed by atoms with Crippen LogP contribution in [0.5, 0.6) is 11.5 Å². The number of benzene rings is 2. The number of carbonyl (C=O) groups excluding carboxylic acids is 1. The fourth-order valence-electron chi connectivity index (χ4n) is 2.82. The summed E-state index contributed by atoms with van der Waals surface area (Å²) in [5.74, 6) is 0.666. The average Bonchev–Trinajstić information content (AvgIpc) is 2.67. The van der Waals surface area contributed by atoms with E-state index in [9.17, 15) is 13.2 Å². The van der Waals surface area contributed by atoms with Gasteiger partial charge in [0.1, 0.15) is 16.4 Å². The number of amides is 1. The molecule has 8 heteroatoms. The summed E-state index contributed by atoms with van der Waals surface area (Å²) in [7, 11) is -0.750. The Morgan fingerprint density at radius 3 is 2.34 bits per heavy atom. The number of sulfonamides is 1. The van der Waals surface area contributed by atoms with Crippen LogP contribution in [0.15, 0.2) is 47.4 Å². The number of hydrogen-bond acceptors (Lipinski definition) is 5. The summed E-state index contributed by atoms with van der Waals surface area (Å²) < 4.78 is 38.3. The molecule has 2 aromatic carbocycles. The van der Waals surface area contributed by atoms with Gasteiger partial charge in [0, 0.05) is 25.2 Å². The van der Waals surface area contributed by atoms with Crippen molar-refractivity contribution in [3.8, 4) is 11.5 Å². The molecule has 0 aliphatic carbocycles. The molecule has 0 spiro atoms. The van der Waals surface area contributed by atoms with Crippen LogP contribution in [0.1, 0.15) is 36.7 Å². The van der Waals surface area contributed by atoms with Gasteiger partial charge in [-0.25, -0.2) is 13.1 Å². The summed E-state index contributed by atoms with van der Waals surface area (Å²) >= 11 is 0. The van der Waals surface area contributed by atoms with Gasteiger partial charge in [0.25, 0.3) is 5.91 Å². The number of rotatable bonds is 9. The second-order valence-corrected chi connectivity index (χ2v) is 8.56. The van der Waals surface area contributed by atoms with Crippen LogP contribution in [0.25, 0.3) is 0 Å². The molecular weight excluding hydrogens is 392 g/mol. The Morgan fingerprint density at radius 1 is 1.14 bits per heavy atom. The summed E-state index contributed by atoms with van der Waals surface area (Å²) in [5, 5.41) is 0. The van der Waals surface area contributed by atoms with Crippen LogP contribution in [0, 0.1) is 0 Å². The molecule has 0 atom stereocenters. The first-order valence-electron chi connectivity index (χ1n) is 9.35. The Labute approximate surface area is 172 Å². The molecule has 2 aromatic rings. The van der Waals surface area contributed by atoms with Gasteiger partial charge in [0.2, 0.25) is 10.0 Å². The van der Waals surface area contributed by atoms with Crippen LogP contribution in [0.3, 0.4) is 0 Å². The molecule has 0 fully saturated rings. The van der Waals surface area contributed by atoms with Crippen LogP contribution in [0.2, 0.25) is 0 Å². The molecule has 0 unspecified atom stereocenters. The molecule has 0 saturated carbocycles. The highest BCUT2D eigenvalue weighted by molar-refractivity contribution is 7.89. The van der Waals surface area contributed by atoms with Crippen LogP contribution in [-0.2, 0) is 16.6 Å². The van der Waals surface area contributed by atoms with Gasteiger partial charge in [-0.15, -0.1) is 0 Å². The number of nitrogens with one attached hydrogen (secondary N) is 1. The average molecular weight is 421 g/mol. The van der Waals surface area contributed by atoms with E-state index < -0.39 is 10.0 Å². The van der Waals surface area contributed by atoms with Gasteiger partial charge in [-0.2, -0.15) is 0 Å². The van der Waals surface area contributed by atoms with Crippen molar-refractivity contribution in [3.05, 3.63) is 53.6 Å². The van der Waals surface area contributed by atoms with E-state index in [0.717, 1.165) is 11.3 Å². The molecule has 0 saturated heterocycles. The maximum Gasteiger partial charge on any atom is 0.253 e. The molecule has 2 rings (SSSR count). The lowest BCUT2D eigenvalue weighted by atomic mass is 10.1. The zero-order valence-electron chi connectivity index (χ0n) is 17.4. The minimum atomic E-state index is -3.81. The van der Waals surface area contributed by atoms with Crippen molar-refractivity contribution in [2.24, 2.45) is 0 Å². The molecule has 158 valence electrons. The number of methoxy groups -OCH3 is 1. The molecule has 29 heavy (non-hydrogen) atoms. The van der Waals surface area contributed by atoms with E-state index in [-0.39, 0.29) is 28.2 Å². The molecule has 0 heterocycles. The lowest BCUT2D eigenvalue weighted by molar-refractivity contribution is 0.0785. The Hall–Kier alpha value is -2.58. The van der Waals surface area contributed by atoms with Crippen molar-refractivity contribution in [2.45, 2.75) is 38.3 Å². The molecule has 0 aliphatic rings. The quantitative estimate of drug-likeness (QED) is 0.674. The molecule has 0 radical (unpaired) electrons. The Kier molecular flexibility index (Phi) is 7.64. The van der Waals surface area contributed by atoms with Crippen molar-refractivity contribution < 1.29 is 22.7 Å². The summed E-state index contributed by atoms with van der Waals surface area (Å²) in [6.45, 7) is 6.34. The second-order valence-electron chi connectivity index (χ2n) is 6.88. The first-order valence-corrected chi connectivity index (χ1v) is 10.8. The lowest BCUT2D eigenvalue weighted by Gasteiger charge is -2.19. The summed E-state index contributed by atoms with van der Waals surface area (Å²) in [5.41, 5.74) is 1.20. The predicted octanol–water partition coefficient (Wildman–Crippen LogP) is 3.05. The Morgan fingerprint density at radius 2 is 1.79 bits per heavy atom. The number of carbonyl (C=O) groups is 1. The standard InChI is InChI=1S/C21H28N2O5S/c1-6-28-18-10-7-16(8-11-18)14-23(4)21(24)17-9-12-19(27-5)20(13-17)29(25,26)22-15(2)3/h7-13,15,22H,6,14H2,1-5H3. The largest absolute Gasteiger partial charge is 0.495 e. The number of nitrogens with zero attached hydrogens (tertiary/aromatic N) is 1. The van der Waals surface area contributed by atoms with E-state index in [2.05, 4.69) is 4.72 Å². The fraction of sp³-hybridized carbons (Fsp3) is 0.381. The minimum absolute atomic E-state index is 0.0611. The topological polar surface area (TPSA) is 84.9 Å². The van der Waals surface area contributed by atoms with Gasteiger partial charge in [-0.05, 0) is 56.7 Å². The third kappa shape index (κ3) is 5.95. The molecule has 1 amide bonds. The third-order valence-corrected chi connectivity index (χ3v) is 5.77. The van der Waals surface area contributed by atoms with Crippen molar-refractivity contribution in [1.29, 1.82) is 0 Å². The highest BCUT2D eigenvalue weighted by atomic mass is 32.2.